The summed E-state index contributed by atoms with van der Waals surface area (Å²) in [6, 6.07) is 6.41. The minimum Gasteiger partial charge on any atom is -0.421 e. The van der Waals surface area contributed by atoms with Crippen LogP contribution >= 0.6 is 0 Å². The van der Waals surface area contributed by atoms with Crippen LogP contribution in [0.15, 0.2) is 45.9 Å². The Morgan fingerprint density at radius 2 is 1.95 bits per heavy atom. The fraction of sp³-hybridized carbons (Fsp3) is 0.250. The normalized spacial score (nSPS) is 10.5. The summed E-state index contributed by atoms with van der Waals surface area (Å²) >= 11 is 0. The lowest BCUT2D eigenvalue weighted by Crippen LogP contribution is -2.40. The van der Waals surface area contributed by atoms with E-state index in [1.807, 2.05) is 0 Å². The van der Waals surface area contributed by atoms with Crippen molar-refractivity contribution in [3.63, 3.8) is 0 Å². The van der Waals surface area contributed by atoms with Crippen LogP contribution in [0, 0.1) is 5.92 Å². The van der Waals surface area contributed by atoms with Crippen LogP contribution in [0.1, 0.15) is 20.8 Å². The Hall–Kier alpha value is -2.76. The van der Waals surface area contributed by atoms with E-state index in [0.29, 0.717) is 11.3 Å². The van der Waals surface area contributed by atoms with Crippen LogP contribution in [-0.2, 0) is 9.59 Å². The average Bonchev–Trinajstić information content (AvgIpc) is 2.49. The maximum absolute atomic E-state index is 12.2. The van der Waals surface area contributed by atoms with Crippen molar-refractivity contribution in [2.45, 2.75) is 20.8 Å². The van der Waals surface area contributed by atoms with Crippen LogP contribution in [0.5, 0.6) is 0 Å². The lowest BCUT2D eigenvalue weighted by molar-refractivity contribution is -0.127. The number of pyridine rings is 1. The summed E-state index contributed by atoms with van der Waals surface area (Å²) in [5.74, 6) is -1.07. The van der Waals surface area contributed by atoms with Crippen molar-refractivity contribution >= 4 is 17.5 Å². The number of carbonyl (C=O) groups excluding carboxylic acids is 2. The summed E-state index contributed by atoms with van der Waals surface area (Å²) < 4.78 is 5.21. The Morgan fingerprint density at radius 3 is 2.45 bits per heavy atom. The number of hydrogen-bond donors (Lipinski definition) is 0. The van der Waals surface area contributed by atoms with E-state index >= 15 is 0 Å². The lowest BCUT2D eigenvalue weighted by Gasteiger charge is -2.19. The Kier molecular flexibility index (Phi) is 4.50. The van der Waals surface area contributed by atoms with E-state index in [1.54, 1.807) is 38.4 Å². The van der Waals surface area contributed by atoms with Crippen molar-refractivity contribution in [3.05, 3.63) is 47.1 Å². The van der Waals surface area contributed by atoms with Gasteiger partial charge >= 0.3 is 5.63 Å². The molecule has 0 saturated carbocycles. The maximum Gasteiger partial charge on any atom is 0.360 e. The van der Waals surface area contributed by atoms with Crippen molar-refractivity contribution in [2.24, 2.45) is 5.92 Å². The minimum absolute atomic E-state index is 0.0844. The number of imide groups is 1. The van der Waals surface area contributed by atoms with Gasteiger partial charge in [0, 0.05) is 30.8 Å². The number of hydrogen-bond acceptors (Lipinski definition) is 5. The van der Waals surface area contributed by atoms with Crippen molar-refractivity contribution in [3.8, 4) is 11.3 Å². The third kappa shape index (κ3) is 3.11. The quantitative estimate of drug-likeness (QED) is 0.868. The third-order valence-electron chi connectivity index (χ3n) is 3.02. The predicted molar refractivity (Wildman–Crippen MR) is 81.2 cm³/mol. The van der Waals surface area contributed by atoms with Crippen LogP contribution in [0.3, 0.4) is 0 Å². The van der Waals surface area contributed by atoms with E-state index < -0.39 is 23.4 Å². The Morgan fingerprint density at radius 1 is 1.23 bits per heavy atom. The first-order valence-corrected chi connectivity index (χ1v) is 6.81. The third-order valence-corrected chi connectivity index (χ3v) is 3.02. The molecule has 0 unspecified atom stereocenters. The molecule has 0 aromatic carbocycles. The van der Waals surface area contributed by atoms with Gasteiger partial charge in [0.1, 0.15) is 11.4 Å². The van der Waals surface area contributed by atoms with E-state index in [9.17, 15) is 14.4 Å². The van der Waals surface area contributed by atoms with Crippen molar-refractivity contribution in [1.82, 2.24) is 4.98 Å². The molecule has 22 heavy (non-hydrogen) atoms. The van der Waals surface area contributed by atoms with Crippen LogP contribution in [0.2, 0.25) is 0 Å². The van der Waals surface area contributed by atoms with Gasteiger partial charge in [-0.1, -0.05) is 13.8 Å². The zero-order valence-electron chi connectivity index (χ0n) is 12.6. The van der Waals surface area contributed by atoms with Gasteiger partial charge in [-0.25, -0.2) is 9.69 Å². The summed E-state index contributed by atoms with van der Waals surface area (Å²) in [5.41, 5.74) is -0.194. The molecule has 0 atom stereocenters. The van der Waals surface area contributed by atoms with E-state index in [4.69, 9.17) is 4.42 Å². The molecule has 2 rings (SSSR count). The standard InChI is InChI=1S/C16H16N2O4/c1-10(2)15(20)18(11(3)19)13-6-7-14(22-16(13)21)12-5-4-8-17-9-12/h4-10H,1-3H3. The first kappa shape index (κ1) is 15.6. The van der Waals surface area contributed by atoms with Gasteiger partial charge in [0.05, 0.1) is 0 Å². The zero-order chi connectivity index (χ0) is 16.3. The number of amides is 2. The van der Waals surface area contributed by atoms with Crippen molar-refractivity contribution in [1.29, 1.82) is 0 Å². The van der Waals surface area contributed by atoms with E-state index in [2.05, 4.69) is 4.98 Å². The second kappa shape index (κ2) is 6.34. The molecule has 114 valence electrons. The number of aromatic nitrogens is 1. The van der Waals surface area contributed by atoms with Crippen molar-refractivity contribution < 1.29 is 14.0 Å². The van der Waals surface area contributed by atoms with Crippen LogP contribution in [0.4, 0.5) is 5.69 Å². The minimum atomic E-state index is -0.745. The molecule has 0 aliphatic carbocycles. The molecule has 0 saturated heterocycles. The van der Waals surface area contributed by atoms with Gasteiger partial charge in [0.25, 0.3) is 0 Å². The molecule has 0 aliphatic heterocycles. The topological polar surface area (TPSA) is 80.5 Å². The average molecular weight is 300 g/mol. The van der Waals surface area contributed by atoms with Gasteiger partial charge in [0.15, 0.2) is 0 Å². The second-order valence-electron chi connectivity index (χ2n) is 5.06. The molecule has 0 spiro atoms. The van der Waals surface area contributed by atoms with Gasteiger partial charge in [0.2, 0.25) is 11.8 Å². The SMILES string of the molecule is CC(=O)N(C(=O)C(C)C)c1ccc(-c2cccnc2)oc1=O. The highest BCUT2D eigenvalue weighted by Gasteiger charge is 2.26. The zero-order valence-corrected chi connectivity index (χ0v) is 12.6. The monoisotopic (exact) mass is 300 g/mol. The molecule has 6 heteroatoms. The van der Waals surface area contributed by atoms with Gasteiger partial charge < -0.3 is 4.42 Å². The van der Waals surface area contributed by atoms with Gasteiger partial charge in [-0.15, -0.1) is 0 Å². The first-order valence-electron chi connectivity index (χ1n) is 6.81. The molecule has 2 aromatic heterocycles. The molecular formula is C16H16N2O4. The summed E-state index contributed by atoms with van der Waals surface area (Å²) in [5, 5.41) is 0. The van der Waals surface area contributed by atoms with Crippen LogP contribution in [-0.4, -0.2) is 16.8 Å². The fourth-order valence-corrected chi connectivity index (χ4v) is 1.94. The van der Waals surface area contributed by atoms with Gasteiger partial charge in [-0.3, -0.25) is 14.6 Å². The molecule has 2 heterocycles. The molecule has 2 amide bonds. The van der Waals surface area contributed by atoms with Crippen LogP contribution in [0.25, 0.3) is 11.3 Å². The number of anilines is 1. The highest BCUT2D eigenvalue weighted by Crippen LogP contribution is 2.20. The fourth-order valence-electron chi connectivity index (χ4n) is 1.94. The largest absolute Gasteiger partial charge is 0.421 e. The second-order valence-corrected chi connectivity index (χ2v) is 5.06. The molecule has 0 fully saturated rings. The Bertz CT molecular complexity index is 750. The maximum atomic E-state index is 12.2. The van der Waals surface area contributed by atoms with Gasteiger partial charge in [-0.05, 0) is 24.3 Å². The molecule has 0 radical (unpaired) electrons. The summed E-state index contributed by atoms with van der Waals surface area (Å²) in [6.45, 7) is 4.54. The molecule has 6 nitrogen and oxygen atoms in total. The highest BCUT2D eigenvalue weighted by molar-refractivity contribution is 6.14. The number of rotatable bonds is 3. The Balaban J connectivity index is 2.47. The van der Waals surface area contributed by atoms with E-state index in [-0.39, 0.29) is 5.69 Å². The predicted octanol–water partition coefficient (Wildman–Crippen LogP) is 2.24. The van der Waals surface area contributed by atoms with Crippen molar-refractivity contribution in [2.75, 3.05) is 4.90 Å². The van der Waals surface area contributed by atoms with E-state index in [1.165, 1.54) is 19.1 Å². The molecule has 0 N–H and O–H groups in total. The Labute approximate surface area is 127 Å². The highest BCUT2D eigenvalue weighted by atomic mass is 16.4. The summed E-state index contributed by atoms with van der Waals surface area (Å²) in [4.78, 5) is 40.8. The smallest absolute Gasteiger partial charge is 0.360 e. The van der Waals surface area contributed by atoms with Crippen LogP contribution < -0.4 is 10.5 Å². The lowest BCUT2D eigenvalue weighted by atomic mass is 10.1. The van der Waals surface area contributed by atoms with Gasteiger partial charge in [-0.2, -0.15) is 0 Å². The molecule has 2 aromatic rings. The summed E-state index contributed by atoms with van der Waals surface area (Å²) in [7, 11) is 0. The summed E-state index contributed by atoms with van der Waals surface area (Å²) in [6.07, 6.45) is 3.16. The first-order chi connectivity index (χ1) is 10.4. The molecular weight excluding hydrogens is 284 g/mol. The molecule has 0 aliphatic rings. The number of carbonyl (C=O) groups is 2. The van der Waals surface area contributed by atoms with E-state index in [0.717, 1.165) is 4.90 Å². The number of nitrogens with zero attached hydrogens (tertiary/aromatic N) is 2. The molecule has 0 bridgehead atoms.